The molecule has 2 fully saturated rings. The van der Waals surface area contributed by atoms with Gasteiger partial charge in [0.25, 0.3) is 0 Å². The molecule has 0 N–H and O–H groups in total. The summed E-state index contributed by atoms with van der Waals surface area (Å²) in [6.45, 7) is 3.30. The number of rotatable bonds is 2. The maximum atomic E-state index is 5.84. The van der Waals surface area contributed by atoms with Crippen molar-refractivity contribution >= 4 is 22.6 Å². The van der Waals surface area contributed by atoms with Gasteiger partial charge in [-0.05, 0) is 53.1 Å². The van der Waals surface area contributed by atoms with Crippen molar-refractivity contribution in [2.75, 3.05) is 13.1 Å². The van der Waals surface area contributed by atoms with Crippen LogP contribution < -0.4 is 0 Å². The van der Waals surface area contributed by atoms with E-state index in [4.69, 9.17) is 4.74 Å². The number of hydrogen-bond donors (Lipinski definition) is 0. The van der Waals surface area contributed by atoms with Crippen molar-refractivity contribution < 1.29 is 4.74 Å². The van der Waals surface area contributed by atoms with Gasteiger partial charge in [0.15, 0.2) is 0 Å². The van der Waals surface area contributed by atoms with E-state index in [9.17, 15) is 0 Å². The minimum Gasteiger partial charge on any atom is -0.372 e. The Balaban J connectivity index is 1.64. The Hall–Kier alpha value is -0.130. The molecule has 2 atom stereocenters. The summed E-state index contributed by atoms with van der Waals surface area (Å²) in [6, 6.07) is 8.84. The Labute approximate surface area is 110 Å². The van der Waals surface area contributed by atoms with Crippen molar-refractivity contribution in [3.63, 3.8) is 0 Å². The number of likely N-dealkylation sites (tertiary alicyclic amines) is 1. The zero-order chi connectivity index (χ0) is 11.0. The predicted octanol–water partition coefficient (Wildman–Crippen LogP) is 2.65. The van der Waals surface area contributed by atoms with E-state index in [1.165, 1.54) is 22.0 Å². The maximum absolute atomic E-state index is 5.84. The van der Waals surface area contributed by atoms with Crippen molar-refractivity contribution in [3.05, 3.63) is 33.4 Å². The average molecular weight is 329 g/mol. The minimum atomic E-state index is 0.502. The molecular weight excluding hydrogens is 313 g/mol. The van der Waals surface area contributed by atoms with Crippen molar-refractivity contribution in [1.29, 1.82) is 0 Å². The fourth-order valence-electron chi connectivity index (χ4n) is 2.68. The first-order valence-corrected chi connectivity index (χ1v) is 7.00. The maximum Gasteiger partial charge on any atom is 0.0707 e. The van der Waals surface area contributed by atoms with E-state index in [-0.39, 0.29) is 0 Å². The van der Waals surface area contributed by atoms with Gasteiger partial charge in [-0.15, -0.1) is 0 Å². The second-order valence-electron chi connectivity index (χ2n) is 4.78. The topological polar surface area (TPSA) is 12.5 Å². The molecule has 86 valence electrons. The average Bonchev–Trinajstić information content (AvgIpc) is 2.62. The lowest BCUT2D eigenvalue weighted by molar-refractivity contribution is -0.0410. The Kier molecular flexibility index (Phi) is 3.18. The molecule has 0 saturated carbocycles. The van der Waals surface area contributed by atoms with Gasteiger partial charge in [-0.1, -0.05) is 12.1 Å². The molecule has 2 heterocycles. The molecule has 2 aliphatic rings. The summed E-state index contributed by atoms with van der Waals surface area (Å²) in [5.74, 6) is 0. The van der Waals surface area contributed by atoms with Crippen LogP contribution in [-0.4, -0.2) is 30.2 Å². The van der Waals surface area contributed by atoms with Gasteiger partial charge in [0.1, 0.15) is 0 Å². The second kappa shape index (κ2) is 4.63. The first-order chi connectivity index (χ1) is 7.79. The quantitative estimate of drug-likeness (QED) is 0.774. The Morgan fingerprint density at radius 1 is 1.12 bits per heavy atom. The third-order valence-electron chi connectivity index (χ3n) is 3.44. The van der Waals surface area contributed by atoms with Gasteiger partial charge in [-0.25, -0.2) is 0 Å². The molecule has 3 heteroatoms. The fraction of sp³-hybridized carbons (Fsp3) is 0.538. The fourth-order valence-corrected chi connectivity index (χ4v) is 3.04. The molecule has 2 unspecified atom stereocenters. The number of morpholine rings is 1. The minimum absolute atomic E-state index is 0.502. The molecule has 2 bridgehead atoms. The van der Waals surface area contributed by atoms with E-state index >= 15 is 0 Å². The zero-order valence-corrected chi connectivity index (χ0v) is 11.4. The number of benzene rings is 1. The molecule has 2 aliphatic heterocycles. The van der Waals surface area contributed by atoms with Crippen LogP contribution in [0.15, 0.2) is 24.3 Å². The molecular formula is C13H16INO. The van der Waals surface area contributed by atoms with Crippen LogP contribution >= 0.6 is 22.6 Å². The lowest BCUT2D eigenvalue weighted by Crippen LogP contribution is -2.41. The third-order valence-corrected chi connectivity index (χ3v) is 4.16. The van der Waals surface area contributed by atoms with E-state index in [1.807, 2.05) is 0 Å². The van der Waals surface area contributed by atoms with Crippen molar-refractivity contribution in [2.45, 2.75) is 31.6 Å². The van der Waals surface area contributed by atoms with Gasteiger partial charge in [-0.3, -0.25) is 4.90 Å². The first-order valence-electron chi connectivity index (χ1n) is 5.92. The molecule has 0 amide bonds. The predicted molar refractivity (Wildman–Crippen MR) is 72.3 cm³/mol. The number of ether oxygens (including phenoxy) is 1. The zero-order valence-electron chi connectivity index (χ0n) is 9.23. The standard InChI is InChI=1S/C13H16INO/c14-11-3-1-10(2-4-11)7-15-8-12-5-6-13(9-15)16-12/h1-4,12-13H,5-9H2. The molecule has 0 aliphatic carbocycles. The van der Waals surface area contributed by atoms with Crippen LogP contribution in [0.1, 0.15) is 18.4 Å². The first kappa shape index (κ1) is 11.0. The lowest BCUT2D eigenvalue weighted by Gasteiger charge is -2.32. The van der Waals surface area contributed by atoms with Crippen molar-refractivity contribution in [3.8, 4) is 0 Å². The smallest absolute Gasteiger partial charge is 0.0707 e. The lowest BCUT2D eigenvalue weighted by atomic mass is 10.2. The molecule has 1 aromatic carbocycles. The summed E-state index contributed by atoms with van der Waals surface area (Å²) in [4.78, 5) is 2.54. The van der Waals surface area contributed by atoms with Crippen LogP contribution in [0, 0.1) is 3.57 Å². The normalized spacial score (nSPS) is 29.6. The Morgan fingerprint density at radius 2 is 1.75 bits per heavy atom. The van der Waals surface area contributed by atoms with Crippen LogP contribution in [0.3, 0.4) is 0 Å². The molecule has 0 aromatic heterocycles. The molecule has 1 aromatic rings. The van der Waals surface area contributed by atoms with Crippen LogP contribution in [0.4, 0.5) is 0 Å². The van der Waals surface area contributed by atoms with Gasteiger partial charge >= 0.3 is 0 Å². The molecule has 16 heavy (non-hydrogen) atoms. The van der Waals surface area contributed by atoms with Crippen LogP contribution in [0.2, 0.25) is 0 Å². The molecule has 2 saturated heterocycles. The van der Waals surface area contributed by atoms with Gasteiger partial charge in [-0.2, -0.15) is 0 Å². The summed E-state index contributed by atoms with van der Waals surface area (Å²) in [6.07, 6.45) is 3.52. The summed E-state index contributed by atoms with van der Waals surface area (Å²) < 4.78 is 7.15. The number of fused-ring (bicyclic) bond motifs is 2. The van der Waals surface area contributed by atoms with Crippen LogP contribution in [0.5, 0.6) is 0 Å². The Morgan fingerprint density at radius 3 is 2.38 bits per heavy atom. The van der Waals surface area contributed by atoms with E-state index in [2.05, 4.69) is 51.8 Å². The van der Waals surface area contributed by atoms with Gasteiger partial charge in [0.05, 0.1) is 12.2 Å². The Bertz CT molecular complexity index is 353. The number of halogens is 1. The number of nitrogens with zero attached hydrogens (tertiary/aromatic N) is 1. The number of hydrogen-bond acceptors (Lipinski definition) is 2. The van der Waals surface area contributed by atoms with E-state index in [1.54, 1.807) is 0 Å². The van der Waals surface area contributed by atoms with Crippen LogP contribution in [-0.2, 0) is 11.3 Å². The molecule has 0 spiro atoms. The van der Waals surface area contributed by atoms with Crippen molar-refractivity contribution in [1.82, 2.24) is 4.90 Å². The SMILES string of the molecule is Ic1ccc(CN2CC3CCC(C2)O3)cc1. The highest BCUT2D eigenvalue weighted by molar-refractivity contribution is 14.1. The highest BCUT2D eigenvalue weighted by Crippen LogP contribution is 2.27. The van der Waals surface area contributed by atoms with Gasteiger partial charge in [0, 0.05) is 23.2 Å². The third kappa shape index (κ3) is 2.41. The van der Waals surface area contributed by atoms with Gasteiger partial charge in [0.2, 0.25) is 0 Å². The largest absolute Gasteiger partial charge is 0.372 e. The molecule has 2 nitrogen and oxygen atoms in total. The summed E-state index contributed by atoms with van der Waals surface area (Å²) in [7, 11) is 0. The summed E-state index contributed by atoms with van der Waals surface area (Å²) >= 11 is 2.35. The van der Waals surface area contributed by atoms with E-state index < -0.39 is 0 Å². The van der Waals surface area contributed by atoms with E-state index in [0.717, 1.165) is 19.6 Å². The van der Waals surface area contributed by atoms with E-state index in [0.29, 0.717) is 12.2 Å². The summed E-state index contributed by atoms with van der Waals surface area (Å²) in [5.41, 5.74) is 1.42. The monoisotopic (exact) mass is 329 g/mol. The molecule has 0 radical (unpaired) electrons. The summed E-state index contributed by atoms with van der Waals surface area (Å²) in [5, 5.41) is 0. The highest BCUT2D eigenvalue weighted by atomic mass is 127. The molecule has 3 rings (SSSR count). The van der Waals surface area contributed by atoms with Crippen molar-refractivity contribution in [2.24, 2.45) is 0 Å². The highest BCUT2D eigenvalue weighted by Gasteiger charge is 2.33. The second-order valence-corrected chi connectivity index (χ2v) is 6.02. The van der Waals surface area contributed by atoms with Crippen LogP contribution in [0.25, 0.3) is 0 Å². The van der Waals surface area contributed by atoms with Gasteiger partial charge < -0.3 is 4.74 Å².